The molecule has 1 aliphatic carbocycles. The highest BCUT2D eigenvalue weighted by molar-refractivity contribution is 5.93. The summed E-state index contributed by atoms with van der Waals surface area (Å²) >= 11 is 0. The van der Waals surface area contributed by atoms with Gasteiger partial charge < -0.3 is 16.4 Å². The molecular formula is C16H20N4O. The van der Waals surface area contributed by atoms with Gasteiger partial charge in [-0.05, 0) is 55.3 Å². The predicted octanol–water partition coefficient (Wildman–Crippen LogP) is 2.48. The number of urea groups is 1. The van der Waals surface area contributed by atoms with Crippen LogP contribution in [0, 0.1) is 5.92 Å². The number of pyridine rings is 1. The molecule has 1 aliphatic rings. The Morgan fingerprint density at radius 1 is 1.29 bits per heavy atom. The Kier molecular flexibility index (Phi) is 4.01. The van der Waals surface area contributed by atoms with E-state index >= 15 is 0 Å². The highest BCUT2D eigenvalue weighted by Gasteiger charge is 2.24. The molecular weight excluding hydrogens is 264 g/mol. The molecule has 5 nitrogen and oxygen atoms in total. The summed E-state index contributed by atoms with van der Waals surface area (Å²) in [4.78, 5) is 16.1. The lowest BCUT2D eigenvalue weighted by Gasteiger charge is -2.14. The second-order valence-corrected chi connectivity index (χ2v) is 5.65. The van der Waals surface area contributed by atoms with E-state index in [0.29, 0.717) is 12.5 Å². The van der Waals surface area contributed by atoms with Gasteiger partial charge in [-0.15, -0.1) is 0 Å². The summed E-state index contributed by atoms with van der Waals surface area (Å²) in [5, 5.41) is 8.04. The fraction of sp³-hybridized carbons (Fsp3) is 0.375. The number of carbonyl (C=O) groups excluding carboxylic acids is 1. The van der Waals surface area contributed by atoms with Gasteiger partial charge in [-0.25, -0.2) is 4.79 Å². The molecule has 1 heterocycles. The summed E-state index contributed by atoms with van der Waals surface area (Å²) in [5.74, 6) is 0.545. The normalized spacial score (nSPS) is 21.4. The monoisotopic (exact) mass is 284 g/mol. The minimum absolute atomic E-state index is 0.147. The van der Waals surface area contributed by atoms with Crippen LogP contribution in [-0.2, 0) is 0 Å². The Labute approximate surface area is 123 Å². The van der Waals surface area contributed by atoms with Gasteiger partial charge in [-0.2, -0.15) is 0 Å². The molecule has 0 spiro atoms. The number of nitrogens with two attached hydrogens (primary N) is 1. The van der Waals surface area contributed by atoms with Crippen molar-refractivity contribution in [2.75, 3.05) is 11.9 Å². The number of aromatic nitrogens is 1. The van der Waals surface area contributed by atoms with E-state index < -0.39 is 0 Å². The number of hydrogen-bond acceptors (Lipinski definition) is 3. The van der Waals surface area contributed by atoms with Crippen LogP contribution in [0.2, 0.25) is 0 Å². The molecule has 2 atom stereocenters. The largest absolute Gasteiger partial charge is 0.335 e. The van der Waals surface area contributed by atoms with E-state index in [4.69, 9.17) is 5.73 Å². The van der Waals surface area contributed by atoms with Gasteiger partial charge in [0, 0.05) is 29.5 Å². The summed E-state index contributed by atoms with van der Waals surface area (Å²) in [5.41, 5.74) is 6.46. The molecule has 1 aromatic heterocycles. The lowest BCUT2D eigenvalue weighted by atomic mass is 10.1. The van der Waals surface area contributed by atoms with Crippen molar-refractivity contribution in [2.24, 2.45) is 11.7 Å². The number of hydrogen-bond donors (Lipinski definition) is 3. The van der Waals surface area contributed by atoms with Crippen molar-refractivity contribution in [3.63, 3.8) is 0 Å². The molecule has 0 radical (unpaired) electrons. The first-order chi connectivity index (χ1) is 10.2. The van der Waals surface area contributed by atoms with E-state index in [2.05, 4.69) is 15.6 Å². The Bertz CT molecular complexity index is 643. The first-order valence-corrected chi connectivity index (χ1v) is 7.36. The number of anilines is 1. The minimum Gasteiger partial charge on any atom is -0.335 e. The van der Waals surface area contributed by atoms with E-state index in [-0.39, 0.29) is 12.1 Å². The number of nitrogens with one attached hydrogen (secondary N) is 2. The van der Waals surface area contributed by atoms with Gasteiger partial charge in [0.1, 0.15) is 0 Å². The SMILES string of the molecule is NCC1CCC(NC(=O)Nc2ccc3cnccc3c2)C1. The van der Waals surface area contributed by atoms with Crippen LogP contribution in [0.15, 0.2) is 36.7 Å². The van der Waals surface area contributed by atoms with Crippen molar-refractivity contribution in [1.82, 2.24) is 10.3 Å². The second kappa shape index (κ2) is 6.10. The van der Waals surface area contributed by atoms with E-state index in [9.17, 15) is 4.79 Å². The standard InChI is InChI=1S/C16H20N4O/c17-9-11-1-3-14(7-11)19-16(21)20-15-4-2-13-10-18-6-5-12(13)8-15/h2,4-6,8,10-11,14H,1,3,7,9,17H2,(H2,19,20,21). The molecule has 2 amide bonds. The van der Waals surface area contributed by atoms with Crippen molar-refractivity contribution < 1.29 is 4.79 Å². The van der Waals surface area contributed by atoms with Crippen LogP contribution < -0.4 is 16.4 Å². The molecule has 21 heavy (non-hydrogen) atoms. The number of nitrogens with zero attached hydrogens (tertiary/aromatic N) is 1. The van der Waals surface area contributed by atoms with Crippen molar-refractivity contribution >= 4 is 22.5 Å². The minimum atomic E-state index is -0.147. The van der Waals surface area contributed by atoms with Crippen molar-refractivity contribution in [1.29, 1.82) is 0 Å². The van der Waals surface area contributed by atoms with E-state index in [1.807, 2.05) is 30.5 Å². The molecule has 2 unspecified atom stereocenters. The molecule has 1 fully saturated rings. The summed E-state index contributed by atoms with van der Waals surface area (Å²) in [6.45, 7) is 0.707. The number of benzene rings is 1. The molecule has 0 aliphatic heterocycles. The third-order valence-corrected chi connectivity index (χ3v) is 4.11. The Morgan fingerprint density at radius 2 is 2.19 bits per heavy atom. The van der Waals surface area contributed by atoms with Crippen molar-refractivity contribution in [3.05, 3.63) is 36.7 Å². The number of amides is 2. The van der Waals surface area contributed by atoms with Crippen molar-refractivity contribution in [3.8, 4) is 0 Å². The molecule has 4 N–H and O–H groups in total. The van der Waals surface area contributed by atoms with Crippen LogP contribution in [0.3, 0.4) is 0 Å². The zero-order valence-corrected chi connectivity index (χ0v) is 11.9. The lowest BCUT2D eigenvalue weighted by Crippen LogP contribution is -2.36. The maximum Gasteiger partial charge on any atom is 0.319 e. The van der Waals surface area contributed by atoms with Gasteiger partial charge in [-0.3, -0.25) is 4.98 Å². The molecule has 0 bridgehead atoms. The summed E-state index contributed by atoms with van der Waals surface area (Å²) in [6, 6.07) is 7.82. The number of carbonyl (C=O) groups is 1. The molecule has 0 saturated heterocycles. The Hall–Kier alpha value is -2.14. The molecule has 110 valence electrons. The van der Waals surface area contributed by atoms with Crippen LogP contribution >= 0.6 is 0 Å². The van der Waals surface area contributed by atoms with Crippen LogP contribution in [-0.4, -0.2) is 23.6 Å². The molecule has 3 rings (SSSR count). The van der Waals surface area contributed by atoms with E-state index in [1.165, 1.54) is 0 Å². The van der Waals surface area contributed by atoms with Gasteiger partial charge in [0.15, 0.2) is 0 Å². The average Bonchev–Trinajstić information content (AvgIpc) is 2.94. The Morgan fingerprint density at radius 3 is 3.00 bits per heavy atom. The first kappa shape index (κ1) is 13.8. The van der Waals surface area contributed by atoms with Crippen LogP contribution in [0.25, 0.3) is 10.8 Å². The third-order valence-electron chi connectivity index (χ3n) is 4.11. The number of rotatable bonds is 3. The highest BCUT2D eigenvalue weighted by Crippen LogP contribution is 2.24. The fourth-order valence-corrected chi connectivity index (χ4v) is 2.93. The van der Waals surface area contributed by atoms with Gasteiger partial charge in [0.25, 0.3) is 0 Å². The number of fused-ring (bicyclic) bond motifs is 1. The summed E-state index contributed by atoms with van der Waals surface area (Å²) < 4.78 is 0. The van der Waals surface area contributed by atoms with Gasteiger partial charge in [-0.1, -0.05) is 6.07 Å². The van der Waals surface area contributed by atoms with Gasteiger partial charge >= 0.3 is 6.03 Å². The molecule has 2 aromatic rings. The van der Waals surface area contributed by atoms with Gasteiger partial charge in [0.2, 0.25) is 0 Å². The van der Waals surface area contributed by atoms with E-state index in [0.717, 1.165) is 35.7 Å². The van der Waals surface area contributed by atoms with Gasteiger partial charge in [0.05, 0.1) is 0 Å². The van der Waals surface area contributed by atoms with Crippen LogP contribution in [0.4, 0.5) is 10.5 Å². The average molecular weight is 284 g/mol. The fourth-order valence-electron chi connectivity index (χ4n) is 2.93. The Balaban J connectivity index is 1.61. The summed E-state index contributed by atoms with van der Waals surface area (Å²) in [6.07, 6.45) is 6.65. The molecule has 5 heteroatoms. The maximum absolute atomic E-state index is 12.0. The molecule has 1 aromatic carbocycles. The van der Waals surface area contributed by atoms with Crippen LogP contribution in [0.5, 0.6) is 0 Å². The lowest BCUT2D eigenvalue weighted by molar-refractivity contribution is 0.248. The topological polar surface area (TPSA) is 80.0 Å². The highest BCUT2D eigenvalue weighted by atomic mass is 16.2. The predicted molar refractivity (Wildman–Crippen MR) is 84.1 cm³/mol. The zero-order chi connectivity index (χ0) is 14.7. The summed E-state index contributed by atoms with van der Waals surface area (Å²) in [7, 11) is 0. The third kappa shape index (κ3) is 3.31. The molecule has 1 saturated carbocycles. The quantitative estimate of drug-likeness (QED) is 0.810. The second-order valence-electron chi connectivity index (χ2n) is 5.65. The maximum atomic E-state index is 12.0. The smallest absolute Gasteiger partial charge is 0.319 e. The van der Waals surface area contributed by atoms with E-state index in [1.54, 1.807) is 6.20 Å². The first-order valence-electron chi connectivity index (χ1n) is 7.36. The zero-order valence-electron chi connectivity index (χ0n) is 11.9. The van der Waals surface area contributed by atoms with Crippen LogP contribution in [0.1, 0.15) is 19.3 Å². The van der Waals surface area contributed by atoms with Crippen molar-refractivity contribution in [2.45, 2.75) is 25.3 Å².